The Bertz CT molecular complexity index is 634. The van der Waals surface area contributed by atoms with Crippen molar-refractivity contribution in [1.82, 2.24) is 9.97 Å². The Morgan fingerprint density at radius 1 is 1.38 bits per heavy atom. The Kier molecular flexibility index (Phi) is 3.99. The van der Waals surface area contributed by atoms with E-state index in [4.69, 9.17) is 4.74 Å². The number of aromatic nitrogens is 2. The molecule has 1 unspecified atom stereocenters. The largest absolute Gasteiger partial charge is 0.373 e. The summed E-state index contributed by atoms with van der Waals surface area (Å²) in [4.78, 5) is 11.5. The van der Waals surface area contributed by atoms with Crippen LogP contribution >= 0.6 is 11.3 Å². The van der Waals surface area contributed by atoms with Gasteiger partial charge in [0.25, 0.3) is 0 Å². The quantitative estimate of drug-likeness (QED) is 0.886. The number of nitrogens with zero attached hydrogens (tertiary/aromatic N) is 2. The first kappa shape index (κ1) is 14.5. The molecule has 0 aliphatic carbocycles. The second-order valence-electron chi connectivity index (χ2n) is 5.76. The predicted molar refractivity (Wildman–Crippen MR) is 88.4 cm³/mol. The maximum Gasteiger partial charge on any atom is 0.226 e. The maximum absolute atomic E-state index is 5.84. The van der Waals surface area contributed by atoms with E-state index < -0.39 is 0 Å². The van der Waals surface area contributed by atoms with Crippen molar-refractivity contribution in [1.29, 1.82) is 0 Å². The lowest BCUT2D eigenvalue weighted by molar-refractivity contribution is 0.0315. The summed E-state index contributed by atoms with van der Waals surface area (Å²) >= 11 is 1.70. The SMILES string of the molecule is CCNc1nc(NCC2(C)CCCO2)c2cc(C)sc2n1. The molecule has 1 fully saturated rings. The van der Waals surface area contributed by atoms with Gasteiger partial charge in [0, 0.05) is 24.6 Å². The average molecular weight is 306 g/mol. The minimum Gasteiger partial charge on any atom is -0.373 e. The molecule has 6 heteroatoms. The third kappa shape index (κ3) is 3.11. The van der Waals surface area contributed by atoms with Crippen molar-refractivity contribution >= 4 is 33.3 Å². The number of hydrogen-bond donors (Lipinski definition) is 2. The predicted octanol–water partition coefficient (Wildman–Crippen LogP) is 3.41. The molecule has 0 saturated carbocycles. The van der Waals surface area contributed by atoms with Crippen LogP contribution in [-0.2, 0) is 4.74 Å². The molecule has 3 rings (SSSR count). The maximum atomic E-state index is 5.84. The second kappa shape index (κ2) is 5.77. The lowest BCUT2D eigenvalue weighted by Gasteiger charge is -2.24. The van der Waals surface area contributed by atoms with E-state index >= 15 is 0 Å². The molecular weight excluding hydrogens is 284 g/mol. The molecule has 0 aromatic carbocycles. The molecule has 114 valence electrons. The van der Waals surface area contributed by atoms with Crippen molar-refractivity contribution in [3.63, 3.8) is 0 Å². The van der Waals surface area contributed by atoms with E-state index in [2.05, 4.69) is 40.5 Å². The van der Waals surface area contributed by atoms with Gasteiger partial charge in [0.05, 0.1) is 11.0 Å². The van der Waals surface area contributed by atoms with Crippen molar-refractivity contribution in [3.8, 4) is 0 Å². The summed E-state index contributed by atoms with van der Waals surface area (Å²) in [7, 11) is 0. The lowest BCUT2D eigenvalue weighted by Crippen LogP contribution is -2.32. The molecule has 2 aromatic rings. The molecule has 0 radical (unpaired) electrons. The van der Waals surface area contributed by atoms with Gasteiger partial charge in [-0.2, -0.15) is 4.98 Å². The van der Waals surface area contributed by atoms with Crippen molar-refractivity contribution in [2.24, 2.45) is 0 Å². The van der Waals surface area contributed by atoms with Gasteiger partial charge in [0.2, 0.25) is 5.95 Å². The van der Waals surface area contributed by atoms with E-state index in [1.54, 1.807) is 11.3 Å². The summed E-state index contributed by atoms with van der Waals surface area (Å²) in [5, 5.41) is 7.77. The molecule has 1 saturated heterocycles. The number of ether oxygens (including phenoxy) is 1. The normalized spacial score (nSPS) is 21.9. The highest BCUT2D eigenvalue weighted by Crippen LogP contribution is 2.31. The van der Waals surface area contributed by atoms with Gasteiger partial charge in [-0.3, -0.25) is 0 Å². The number of hydrogen-bond acceptors (Lipinski definition) is 6. The molecule has 0 bridgehead atoms. The third-order valence-electron chi connectivity index (χ3n) is 3.78. The smallest absolute Gasteiger partial charge is 0.226 e. The van der Waals surface area contributed by atoms with Crippen LogP contribution in [0.25, 0.3) is 10.2 Å². The van der Waals surface area contributed by atoms with E-state index in [0.717, 1.165) is 48.6 Å². The molecule has 2 N–H and O–H groups in total. The molecule has 5 nitrogen and oxygen atoms in total. The Hall–Kier alpha value is -1.40. The first-order chi connectivity index (χ1) is 10.1. The summed E-state index contributed by atoms with van der Waals surface area (Å²) in [6.45, 7) is 8.76. The highest BCUT2D eigenvalue weighted by molar-refractivity contribution is 7.18. The van der Waals surface area contributed by atoms with Crippen LogP contribution in [0.2, 0.25) is 0 Å². The van der Waals surface area contributed by atoms with Crippen molar-refractivity contribution < 1.29 is 4.74 Å². The number of rotatable bonds is 5. The monoisotopic (exact) mass is 306 g/mol. The minimum absolute atomic E-state index is 0.0827. The molecule has 21 heavy (non-hydrogen) atoms. The van der Waals surface area contributed by atoms with Gasteiger partial charge in [0.15, 0.2) is 0 Å². The average Bonchev–Trinajstić information content (AvgIpc) is 3.02. The second-order valence-corrected chi connectivity index (χ2v) is 6.99. The van der Waals surface area contributed by atoms with Gasteiger partial charge in [-0.15, -0.1) is 11.3 Å². The lowest BCUT2D eigenvalue weighted by atomic mass is 10.0. The topological polar surface area (TPSA) is 59.1 Å². The number of nitrogens with one attached hydrogen (secondary N) is 2. The fourth-order valence-electron chi connectivity index (χ4n) is 2.66. The zero-order valence-corrected chi connectivity index (χ0v) is 13.6. The zero-order chi connectivity index (χ0) is 14.9. The highest BCUT2D eigenvalue weighted by atomic mass is 32.1. The van der Waals surface area contributed by atoms with Gasteiger partial charge in [-0.25, -0.2) is 4.98 Å². The first-order valence-corrected chi connectivity index (χ1v) is 8.31. The zero-order valence-electron chi connectivity index (χ0n) is 12.8. The summed E-state index contributed by atoms with van der Waals surface area (Å²) in [6, 6.07) is 2.15. The molecule has 1 aliphatic heterocycles. The fourth-order valence-corrected chi connectivity index (χ4v) is 3.54. The molecule has 0 spiro atoms. The highest BCUT2D eigenvalue weighted by Gasteiger charge is 2.29. The van der Waals surface area contributed by atoms with Gasteiger partial charge < -0.3 is 15.4 Å². The fraction of sp³-hybridized carbons (Fsp3) is 0.600. The standard InChI is InChI=1S/C15H22N4OS/c1-4-16-14-18-12(11-8-10(2)21-13(11)19-14)17-9-15(3)6-5-7-20-15/h8H,4-7,9H2,1-3H3,(H2,16,17,18,19). The van der Waals surface area contributed by atoms with Gasteiger partial charge in [-0.05, 0) is 39.7 Å². The van der Waals surface area contributed by atoms with Crippen LogP contribution in [0.15, 0.2) is 6.07 Å². The molecule has 0 amide bonds. The molecule has 1 aliphatic rings. The molecule has 3 heterocycles. The Balaban J connectivity index is 1.88. The van der Waals surface area contributed by atoms with Crippen LogP contribution in [-0.4, -0.2) is 35.3 Å². The summed E-state index contributed by atoms with van der Waals surface area (Å²) in [5.74, 6) is 1.59. The van der Waals surface area contributed by atoms with E-state index in [9.17, 15) is 0 Å². The third-order valence-corrected chi connectivity index (χ3v) is 4.73. The molecule has 2 aromatic heterocycles. The Labute approximate surface area is 129 Å². The first-order valence-electron chi connectivity index (χ1n) is 7.49. The summed E-state index contributed by atoms with van der Waals surface area (Å²) in [6.07, 6.45) is 2.23. The van der Waals surface area contributed by atoms with E-state index in [1.807, 2.05) is 6.92 Å². The number of aryl methyl sites for hydroxylation is 1. The van der Waals surface area contributed by atoms with Crippen LogP contribution in [0.3, 0.4) is 0 Å². The van der Waals surface area contributed by atoms with E-state index in [1.165, 1.54) is 4.88 Å². The van der Waals surface area contributed by atoms with Crippen molar-refractivity contribution in [3.05, 3.63) is 10.9 Å². The summed E-state index contributed by atoms with van der Waals surface area (Å²) in [5.41, 5.74) is -0.0827. The Morgan fingerprint density at radius 2 is 2.24 bits per heavy atom. The molecule has 1 atom stereocenters. The van der Waals surface area contributed by atoms with Crippen molar-refractivity contribution in [2.45, 2.75) is 39.2 Å². The van der Waals surface area contributed by atoms with Crippen LogP contribution in [0.5, 0.6) is 0 Å². The van der Waals surface area contributed by atoms with Gasteiger partial charge >= 0.3 is 0 Å². The van der Waals surface area contributed by atoms with E-state index in [-0.39, 0.29) is 5.60 Å². The minimum atomic E-state index is -0.0827. The van der Waals surface area contributed by atoms with Crippen LogP contribution in [0, 0.1) is 6.92 Å². The summed E-state index contributed by atoms with van der Waals surface area (Å²) < 4.78 is 5.84. The van der Waals surface area contributed by atoms with Gasteiger partial charge in [0.1, 0.15) is 10.6 Å². The van der Waals surface area contributed by atoms with Crippen molar-refractivity contribution in [2.75, 3.05) is 30.3 Å². The van der Waals surface area contributed by atoms with Gasteiger partial charge in [-0.1, -0.05) is 0 Å². The molecular formula is C15H22N4OS. The Morgan fingerprint density at radius 3 is 2.95 bits per heavy atom. The van der Waals surface area contributed by atoms with Crippen LogP contribution in [0.1, 0.15) is 31.6 Å². The number of anilines is 2. The van der Waals surface area contributed by atoms with Crippen LogP contribution < -0.4 is 10.6 Å². The van der Waals surface area contributed by atoms with Crippen LogP contribution in [0.4, 0.5) is 11.8 Å². The number of fused-ring (bicyclic) bond motifs is 1. The van der Waals surface area contributed by atoms with E-state index in [0.29, 0.717) is 5.95 Å². The number of thiophene rings is 1.